The molecule has 4 rings (SSSR count). The molecule has 4 N–H and O–H groups in total. The van der Waals surface area contributed by atoms with E-state index in [4.69, 9.17) is 22.1 Å². The summed E-state index contributed by atoms with van der Waals surface area (Å²) in [4.78, 5) is 12.1. The first-order valence-electron chi connectivity index (χ1n) is 7.68. The normalized spacial score (nSPS) is 31.2. The van der Waals surface area contributed by atoms with Crippen molar-refractivity contribution >= 4 is 29.9 Å². The van der Waals surface area contributed by atoms with Gasteiger partial charge in [0.25, 0.3) is 5.91 Å². The van der Waals surface area contributed by atoms with Crippen LogP contribution in [0.5, 0.6) is 5.75 Å². The van der Waals surface area contributed by atoms with E-state index >= 15 is 0 Å². The van der Waals surface area contributed by atoms with Gasteiger partial charge in [0.15, 0.2) is 6.61 Å². The first-order valence-corrected chi connectivity index (χ1v) is 8.06. The van der Waals surface area contributed by atoms with E-state index in [-0.39, 0.29) is 41.2 Å². The highest BCUT2D eigenvalue weighted by Crippen LogP contribution is 2.45. The zero-order valence-corrected chi connectivity index (χ0v) is 14.6. The van der Waals surface area contributed by atoms with Gasteiger partial charge in [0, 0.05) is 11.6 Å². The highest BCUT2D eigenvalue weighted by molar-refractivity contribution is 6.30. The Labute approximate surface area is 151 Å². The van der Waals surface area contributed by atoms with Crippen LogP contribution in [-0.4, -0.2) is 34.8 Å². The Morgan fingerprint density at radius 1 is 1.42 bits per heavy atom. The molecule has 134 valence electrons. The molecule has 5 nitrogen and oxygen atoms in total. The first kappa shape index (κ1) is 19.2. The van der Waals surface area contributed by atoms with Crippen LogP contribution in [-0.2, 0) is 4.79 Å². The molecule has 24 heavy (non-hydrogen) atoms. The molecule has 1 atom stereocenters. The Kier molecular flexibility index (Phi) is 5.64. The molecule has 0 aromatic heterocycles. The first-order chi connectivity index (χ1) is 10.8. The lowest BCUT2D eigenvalue weighted by Gasteiger charge is -2.54. The molecule has 3 saturated carbocycles. The number of ether oxygens (including phenoxy) is 1. The molecule has 8 heteroatoms. The van der Waals surface area contributed by atoms with Gasteiger partial charge >= 0.3 is 0 Å². The number of amides is 1. The summed E-state index contributed by atoms with van der Waals surface area (Å²) in [6.07, 6.45) is 2.74. The number of nitrogens with two attached hydrogens (primary N) is 1. The molecule has 0 spiro atoms. The number of rotatable bonds is 4. The quantitative estimate of drug-likeness (QED) is 0.749. The lowest BCUT2D eigenvalue weighted by molar-refractivity contribution is -0.131. The number of fused-ring (bicyclic) bond motifs is 3. The zero-order chi connectivity index (χ0) is 16.7. The molecule has 3 fully saturated rings. The minimum absolute atomic E-state index is 0. The smallest absolute Gasteiger partial charge is 0.258 e. The highest BCUT2D eigenvalue weighted by Gasteiger charge is 2.53. The van der Waals surface area contributed by atoms with E-state index in [0.29, 0.717) is 19.3 Å². The highest BCUT2D eigenvalue weighted by atomic mass is 35.5. The molecule has 1 amide bonds. The lowest BCUT2D eigenvalue weighted by Crippen LogP contribution is -2.69. The molecule has 1 aromatic rings. The van der Waals surface area contributed by atoms with Gasteiger partial charge in [-0.3, -0.25) is 4.79 Å². The van der Waals surface area contributed by atoms with Crippen LogP contribution in [0.4, 0.5) is 4.39 Å². The Hall–Kier alpha value is -1.08. The Bertz CT molecular complexity index is 621. The molecule has 3 aliphatic carbocycles. The number of hydrogen-bond donors (Lipinski definition) is 3. The molecule has 1 aromatic carbocycles. The van der Waals surface area contributed by atoms with E-state index in [0.717, 1.165) is 18.9 Å². The van der Waals surface area contributed by atoms with Crippen molar-refractivity contribution in [3.05, 3.63) is 29.0 Å². The summed E-state index contributed by atoms with van der Waals surface area (Å²) in [5.74, 6) is -0.711. The van der Waals surface area contributed by atoms with Gasteiger partial charge in [-0.25, -0.2) is 4.39 Å². The molecule has 2 bridgehead atoms. The number of hydrogen-bond acceptors (Lipinski definition) is 4. The number of aliphatic hydroxyl groups excluding tert-OH is 1. The van der Waals surface area contributed by atoms with Gasteiger partial charge in [-0.15, -0.1) is 12.4 Å². The topological polar surface area (TPSA) is 84.6 Å². The Balaban J connectivity index is 0.00000208. The summed E-state index contributed by atoms with van der Waals surface area (Å²) in [7, 11) is 0. The number of benzene rings is 1. The monoisotopic (exact) mass is 378 g/mol. The third kappa shape index (κ3) is 3.77. The summed E-state index contributed by atoms with van der Waals surface area (Å²) in [5.41, 5.74) is 5.27. The third-order valence-corrected chi connectivity index (χ3v) is 5.33. The number of aliphatic hydroxyl groups is 1. The van der Waals surface area contributed by atoms with E-state index in [2.05, 4.69) is 5.32 Å². The molecule has 3 aliphatic rings. The van der Waals surface area contributed by atoms with E-state index < -0.39 is 17.5 Å². The SMILES string of the molecule is Cl.NC12CCC(NC(=O)COc3ccc(Cl)c(F)c3)(CC1)[C@@H](O)C2. The molecule has 0 heterocycles. The van der Waals surface area contributed by atoms with Crippen molar-refractivity contribution in [2.24, 2.45) is 5.73 Å². The zero-order valence-electron chi connectivity index (χ0n) is 13.1. The lowest BCUT2D eigenvalue weighted by atomic mass is 9.60. The summed E-state index contributed by atoms with van der Waals surface area (Å²) in [6, 6.07) is 4.00. The van der Waals surface area contributed by atoms with E-state index in [9.17, 15) is 14.3 Å². The maximum absolute atomic E-state index is 13.3. The second kappa shape index (κ2) is 7.04. The predicted molar refractivity (Wildman–Crippen MR) is 91.0 cm³/mol. The average molecular weight is 379 g/mol. The maximum Gasteiger partial charge on any atom is 0.258 e. The minimum atomic E-state index is -0.646. The predicted octanol–water partition coefficient (Wildman–Crippen LogP) is 2.17. The molecule has 0 unspecified atom stereocenters. The summed E-state index contributed by atoms with van der Waals surface area (Å²) in [5, 5.41) is 13.2. The van der Waals surface area contributed by atoms with Gasteiger partial charge in [-0.2, -0.15) is 0 Å². The van der Waals surface area contributed by atoms with Crippen molar-refractivity contribution in [3.8, 4) is 5.75 Å². The number of nitrogens with one attached hydrogen (secondary N) is 1. The van der Waals surface area contributed by atoms with Gasteiger partial charge < -0.3 is 20.9 Å². The van der Waals surface area contributed by atoms with Crippen LogP contribution in [0.2, 0.25) is 5.02 Å². The fraction of sp³-hybridized carbons (Fsp3) is 0.562. The fourth-order valence-corrected chi connectivity index (χ4v) is 3.67. The summed E-state index contributed by atoms with van der Waals surface area (Å²) < 4.78 is 18.6. The molecule has 0 saturated heterocycles. The number of carbonyl (C=O) groups excluding carboxylic acids is 1. The summed E-state index contributed by atoms with van der Waals surface area (Å²) >= 11 is 5.59. The molecule has 0 radical (unpaired) electrons. The van der Waals surface area contributed by atoms with Crippen LogP contribution in [0.1, 0.15) is 32.1 Å². The van der Waals surface area contributed by atoms with E-state index in [1.54, 1.807) is 0 Å². The van der Waals surface area contributed by atoms with Crippen molar-refractivity contribution in [3.63, 3.8) is 0 Å². The fourth-order valence-electron chi connectivity index (χ4n) is 3.55. The Morgan fingerprint density at radius 2 is 2.08 bits per heavy atom. The molecule has 0 aliphatic heterocycles. The van der Waals surface area contributed by atoms with Crippen LogP contribution in [0.15, 0.2) is 18.2 Å². The van der Waals surface area contributed by atoms with Crippen molar-refractivity contribution in [1.82, 2.24) is 5.32 Å². The van der Waals surface area contributed by atoms with Crippen LogP contribution in [0, 0.1) is 5.82 Å². The summed E-state index contributed by atoms with van der Waals surface area (Å²) in [6.45, 7) is -0.247. The largest absolute Gasteiger partial charge is 0.484 e. The second-order valence-corrected chi connectivity index (χ2v) is 7.06. The van der Waals surface area contributed by atoms with Crippen LogP contribution >= 0.6 is 24.0 Å². The van der Waals surface area contributed by atoms with Crippen molar-refractivity contribution in [2.45, 2.75) is 49.3 Å². The number of halogens is 3. The minimum Gasteiger partial charge on any atom is -0.484 e. The van der Waals surface area contributed by atoms with Crippen LogP contribution < -0.4 is 15.8 Å². The van der Waals surface area contributed by atoms with Gasteiger partial charge in [-0.1, -0.05) is 11.6 Å². The standard InChI is InChI=1S/C16H20ClFN2O3.ClH/c17-11-2-1-10(7-12(11)18)23-9-14(22)20-16-5-3-15(19,4-6-16)8-13(16)21;/h1-2,7,13,21H,3-6,8-9,19H2,(H,20,22);1H/t13-,15?,16?;/m0./s1. The van der Waals surface area contributed by atoms with Crippen molar-refractivity contribution < 1.29 is 19.0 Å². The average Bonchev–Trinajstić information content (AvgIpc) is 2.50. The molecular formula is C16H21Cl2FN2O3. The second-order valence-electron chi connectivity index (χ2n) is 6.65. The van der Waals surface area contributed by atoms with Crippen LogP contribution in [0.3, 0.4) is 0 Å². The molecular weight excluding hydrogens is 358 g/mol. The van der Waals surface area contributed by atoms with Crippen LogP contribution in [0.25, 0.3) is 0 Å². The van der Waals surface area contributed by atoms with Crippen molar-refractivity contribution in [2.75, 3.05) is 6.61 Å². The van der Waals surface area contributed by atoms with Gasteiger partial charge in [0.2, 0.25) is 0 Å². The van der Waals surface area contributed by atoms with Crippen molar-refractivity contribution in [1.29, 1.82) is 0 Å². The number of carbonyl (C=O) groups is 1. The van der Waals surface area contributed by atoms with E-state index in [1.165, 1.54) is 12.1 Å². The van der Waals surface area contributed by atoms with Gasteiger partial charge in [0.05, 0.1) is 16.7 Å². The Morgan fingerprint density at radius 3 is 2.67 bits per heavy atom. The third-order valence-electron chi connectivity index (χ3n) is 5.03. The maximum atomic E-state index is 13.3. The van der Waals surface area contributed by atoms with E-state index in [1.807, 2.05) is 0 Å². The van der Waals surface area contributed by atoms with Gasteiger partial charge in [-0.05, 0) is 44.2 Å². The van der Waals surface area contributed by atoms with Gasteiger partial charge in [0.1, 0.15) is 11.6 Å².